The van der Waals surface area contributed by atoms with Gasteiger partial charge in [-0.15, -0.1) is 0 Å². The van der Waals surface area contributed by atoms with Gasteiger partial charge in [-0.3, -0.25) is 0 Å². The van der Waals surface area contributed by atoms with Crippen LogP contribution in [0.4, 0.5) is 0 Å². The molecule has 1 aliphatic rings. The van der Waals surface area contributed by atoms with Crippen molar-refractivity contribution in [2.24, 2.45) is 0 Å². The Balaban J connectivity index is 2.06. The predicted molar refractivity (Wildman–Crippen MR) is 83.7 cm³/mol. The van der Waals surface area contributed by atoms with E-state index in [2.05, 4.69) is 11.4 Å². The Labute approximate surface area is 125 Å². The Kier molecular flexibility index (Phi) is 3.69. The molecular formula is C16H18N2O2S. The van der Waals surface area contributed by atoms with Crippen LogP contribution in [0.1, 0.15) is 17.7 Å². The highest BCUT2D eigenvalue weighted by molar-refractivity contribution is 7.90. The van der Waals surface area contributed by atoms with Crippen molar-refractivity contribution in [2.75, 3.05) is 13.1 Å². The van der Waals surface area contributed by atoms with Crippen LogP contribution in [-0.2, 0) is 10.0 Å². The highest BCUT2D eigenvalue weighted by atomic mass is 32.2. The van der Waals surface area contributed by atoms with E-state index in [1.807, 2.05) is 25.1 Å². The van der Waals surface area contributed by atoms with E-state index in [1.165, 1.54) is 3.97 Å². The summed E-state index contributed by atoms with van der Waals surface area (Å²) in [6.45, 7) is 3.58. The highest BCUT2D eigenvalue weighted by Gasteiger charge is 2.21. The van der Waals surface area contributed by atoms with E-state index in [0.29, 0.717) is 11.4 Å². The average Bonchev–Trinajstić information content (AvgIpc) is 2.99. The average molecular weight is 302 g/mol. The van der Waals surface area contributed by atoms with Gasteiger partial charge in [0.15, 0.2) is 0 Å². The van der Waals surface area contributed by atoms with Gasteiger partial charge in [0, 0.05) is 12.7 Å². The highest BCUT2D eigenvalue weighted by Crippen LogP contribution is 2.23. The maximum absolute atomic E-state index is 12.8. The molecule has 2 aromatic rings. The summed E-state index contributed by atoms with van der Waals surface area (Å²) in [5.74, 6) is 0. The molecule has 110 valence electrons. The maximum Gasteiger partial charge on any atom is 0.268 e. The van der Waals surface area contributed by atoms with Gasteiger partial charge in [0.25, 0.3) is 10.0 Å². The first-order valence-corrected chi connectivity index (χ1v) is 8.43. The standard InChI is InChI=1S/C16H18N2O2S/c1-13-6-8-15(9-7-13)21(19,20)18-11-3-5-16(18)14-4-2-10-17-12-14/h3-9,11,17H,2,10,12H2,1H3. The van der Waals surface area contributed by atoms with Crippen LogP contribution in [0.2, 0.25) is 0 Å². The fraction of sp³-hybridized carbons (Fsp3) is 0.250. The molecule has 0 fully saturated rings. The fourth-order valence-corrected chi connectivity index (χ4v) is 3.86. The third-order valence-electron chi connectivity index (χ3n) is 3.65. The summed E-state index contributed by atoms with van der Waals surface area (Å²) in [6, 6.07) is 10.6. The molecule has 1 aromatic carbocycles. The monoisotopic (exact) mass is 302 g/mol. The Morgan fingerprint density at radius 1 is 1.14 bits per heavy atom. The SMILES string of the molecule is Cc1ccc(S(=O)(=O)n2cccc2C2=CCCNC2)cc1. The lowest BCUT2D eigenvalue weighted by Crippen LogP contribution is -2.24. The van der Waals surface area contributed by atoms with Crippen molar-refractivity contribution in [3.8, 4) is 0 Å². The minimum absolute atomic E-state index is 0.315. The Morgan fingerprint density at radius 2 is 1.90 bits per heavy atom. The smallest absolute Gasteiger partial charge is 0.268 e. The van der Waals surface area contributed by atoms with E-state index in [-0.39, 0.29) is 0 Å². The second-order valence-corrected chi connectivity index (χ2v) is 7.02. The molecule has 0 aliphatic carbocycles. The van der Waals surface area contributed by atoms with Crippen LogP contribution in [0.3, 0.4) is 0 Å². The van der Waals surface area contributed by atoms with Gasteiger partial charge in [-0.05, 0) is 49.7 Å². The fourth-order valence-electron chi connectivity index (χ4n) is 2.49. The molecule has 3 rings (SSSR count). The van der Waals surface area contributed by atoms with Crippen molar-refractivity contribution in [2.45, 2.75) is 18.2 Å². The summed E-state index contributed by atoms with van der Waals surface area (Å²) in [7, 11) is -3.54. The van der Waals surface area contributed by atoms with Crippen molar-refractivity contribution in [1.29, 1.82) is 0 Å². The normalized spacial score (nSPS) is 15.8. The molecule has 0 spiro atoms. The summed E-state index contributed by atoms with van der Waals surface area (Å²) in [5.41, 5.74) is 2.81. The third kappa shape index (κ3) is 2.66. The van der Waals surface area contributed by atoms with Crippen molar-refractivity contribution in [1.82, 2.24) is 9.29 Å². The first-order valence-electron chi connectivity index (χ1n) is 6.99. The zero-order valence-corrected chi connectivity index (χ0v) is 12.7. The van der Waals surface area contributed by atoms with E-state index in [1.54, 1.807) is 24.4 Å². The van der Waals surface area contributed by atoms with E-state index in [4.69, 9.17) is 0 Å². The minimum atomic E-state index is -3.54. The summed E-state index contributed by atoms with van der Waals surface area (Å²) >= 11 is 0. The van der Waals surface area contributed by atoms with Crippen molar-refractivity contribution < 1.29 is 8.42 Å². The lowest BCUT2D eigenvalue weighted by Gasteiger charge is -2.17. The lowest BCUT2D eigenvalue weighted by molar-refractivity contribution is 0.586. The predicted octanol–water partition coefficient (Wildman–Crippen LogP) is 2.41. The third-order valence-corrected chi connectivity index (χ3v) is 5.35. The van der Waals surface area contributed by atoms with Gasteiger partial charge in [0.2, 0.25) is 0 Å². The summed E-state index contributed by atoms with van der Waals surface area (Å²) in [5, 5.41) is 3.27. The van der Waals surface area contributed by atoms with Crippen LogP contribution in [-0.4, -0.2) is 25.5 Å². The summed E-state index contributed by atoms with van der Waals surface area (Å²) < 4.78 is 26.9. The molecule has 2 heterocycles. The van der Waals surface area contributed by atoms with E-state index in [0.717, 1.165) is 29.8 Å². The first kappa shape index (κ1) is 14.1. The zero-order valence-electron chi connectivity index (χ0n) is 11.9. The molecule has 21 heavy (non-hydrogen) atoms. The summed E-state index contributed by atoms with van der Waals surface area (Å²) in [4.78, 5) is 0.315. The molecule has 0 amide bonds. The quantitative estimate of drug-likeness (QED) is 0.947. The summed E-state index contributed by atoms with van der Waals surface area (Å²) in [6.07, 6.45) is 4.64. The molecule has 0 bridgehead atoms. The van der Waals surface area contributed by atoms with Gasteiger partial charge >= 0.3 is 0 Å². The molecule has 0 radical (unpaired) electrons. The van der Waals surface area contributed by atoms with Crippen LogP contribution >= 0.6 is 0 Å². The second-order valence-electron chi connectivity index (χ2n) is 5.20. The van der Waals surface area contributed by atoms with Gasteiger partial charge in [-0.25, -0.2) is 12.4 Å². The number of rotatable bonds is 3. The molecule has 0 saturated heterocycles. The number of hydrogen-bond acceptors (Lipinski definition) is 3. The molecule has 0 saturated carbocycles. The van der Waals surface area contributed by atoms with E-state index in [9.17, 15) is 8.42 Å². The van der Waals surface area contributed by atoms with Crippen LogP contribution in [0.15, 0.2) is 53.6 Å². The molecule has 0 unspecified atom stereocenters. The molecular weight excluding hydrogens is 284 g/mol. The minimum Gasteiger partial charge on any atom is -0.312 e. The number of aryl methyl sites for hydroxylation is 1. The van der Waals surface area contributed by atoms with Gasteiger partial charge in [0.05, 0.1) is 10.6 Å². The van der Waals surface area contributed by atoms with Crippen LogP contribution in [0.5, 0.6) is 0 Å². The molecule has 1 aromatic heterocycles. The molecule has 0 atom stereocenters. The zero-order chi connectivity index (χ0) is 14.9. The molecule has 1 N–H and O–H groups in total. The lowest BCUT2D eigenvalue weighted by atomic mass is 10.1. The van der Waals surface area contributed by atoms with Gasteiger partial charge < -0.3 is 5.32 Å². The number of nitrogens with one attached hydrogen (secondary N) is 1. The van der Waals surface area contributed by atoms with Crippen molar-refractivity contribution in [3.05, 3.63) is 59.9 Å². The number of nitrogens with zero attached hydrogens (tertiary/aromatic N) is 1. The van der Waals surface area contributed by atoms with Crippen molar-refractivity contribution >= 4 is 15.6 Å². The van der Waals surface area contributed by atoms with Gasteiger partial charge in [0.1, 0.15) is 0 Å². The number of aromatic nitrogens is 1. The molecule has 4 nitrogen and oxygen atoms in total. The Morgan fingerprint density at radius 3 is 2.57 bits per heavy atom. The Bertz CT molecular complexity index is 771. The Hall–Kier alpha value is -1.85. The number of benzene rings is 1. The van der Waals surface area contributed by atoms with Crippen LogP contribution in [0.25, 0.3) is 5.57 Å². The molecule has 5 heteroatoms. The number of hydrogen-bond donors (Lipinski definition) is 1. The molecule has 1 aliphatic heterocycles. The van der Waals surface area contributed by atoms with Gasteiger partial charge in [-0.2, -0.15) is 0 Å². The van der Waals surface area contributed by atoms with E-state index >= 15 is 0 Å². The topological polar surface area (TPSA) is 51.1 Å². The van der Waals surface area contributed by atoms with E-state index < -0.39 is 10.0 Å². The second kappa shape index (κ2) is 5.50. The van der Waals surface area contributed by atoms with Crippen LogP contribution < -0.4 is 5.32 Å². The largest absolute Gasteiger partial charge is 0.312 e. The van der Waals surface area contributed by atoms with Crippen LogP contribution in [0, 0.1) is 6.92 Å². The van der Waals surface area contributed by atoms with Gasteiger partial charge in [-0.1, -0.05) is 23.8 Å². The first-order chi connectivity index (χ1) is 10.1. The van der Waals surface area contributed by atoms with Crippen molar-refractivity contribution in [3.63, 3.8) is 0 Å². The maximum atomic E-state index is 12.8.